The molecule has 2 aliphatic heterocycles. The van der Waals surface area contributed by atoms with Gasteiger partial charge in [-0.1, -0.05) is 0 Å². The fourth-order valence-electron chi connectivity index (χ4n) is 2.86. The van der Waals surface area contributed by atoms with E-state index in [-0.39, 0.29) is 22.6 Å². The molecule has 2 aliphatic rings. The fraction of sp³-hybridized carbons (Fsp3) is 0.562. The lowest BCUT2D eigenvalue weighted by Gasteiger charge is -2.47. The molecule has 0 bridgehead atoms. The lowest BCUT2D eigenvalue weighted by molar-refractivity contribution is -0.192. The molecule has 14 heteroatoms. The van der Waals surface area contributed by atoms with Crippen molar-refractivity contribution in [1.29, 1.82) is 0 Å². The Morgan fingerprint density at radius 1 is 1.40 bits per heavy atom. The molecule has 1 aromatic rings. The van der Waals surface area contributed by atoms with E-state index in [9.17, 15) is 30.8 Å². The van der Waals surface area contributed by atoms with Crippen LogP contribution in [0, 0.1) is 5.82 Å². The average Bonchev–Trinajstić information content (AvgIpc) is 2.98. The average molecular weight is 474 g/mol. The number of ether oxygens (including phenoxy) is 1. The number of pyridine rings is 1. The van der Waals surface area contributed by atoms with Gasteiger partial charge < -0.3 is 14.7 Å². The Morgan fingerprint density at radius 3 is 2.50 bits per heavy atom. The van der Waals surface area contributed by atoms with Gasteiger partial charge >= 0.3 is 12.1 Å². The lowest BCUT2D eigenvalue weighted by atomic mass is 9.93. The minimum Gasteiger partial charge on any atom is -0.475 e. The van der Waals surface area contributed by atoms with E-state index < -0.39 is 33.6 Å². The number of carboxylic acids is 1. The maximum Gasteiger partial charge on any atom is 0.490 e. The highest BCUT2D eigenvalue weighted by Crippen LogP contribution is 2.46. The summed E-state index contributed by atoms with van der Waals surface area (Å²) in [6.07, 6.45) is -2.02. The van der Waals surface area contributed by atoms with E-state index in [0.29, 0.717) is 25.3 Å². The molecular weight excluding hydrogens is 456 g/mol. The van der Waals surface area contributed by atoms with E-state index >= 15 is 0 Å². The number of amides is 1. The molecular formula is C16H18F4N2O6S2. The predicted octanol–water partition coefficient (Wildman–Crippen LogP) is 1.36. The molecule has 3 rings (SSSR count). The van der Waals surface area contributed by atoms with Gasteiger partial charge in [0.2, 0.25) is 5.91 Å². The molecule has 1 unspecified atom stereocenters. The first-order chi connectivity index (χ1) is 13.7. The van der Waals surface area contributed by atoms with Crippen molar-refractivity contribution in [2.75, 3.05) is 30.9 Å². The summed E-state index contributed by atoms with van der Waals surface area (Å²) in [5, 5.41) is 7.12. The number of likely N-dealkylation sites (tertiary alicyclic amines) is 1. The molecule has 0 saturated carbocycles. The van der Waals surface area contributed by atoms with Gasteiger partial charge in [-0.3, -0.25) is 4.79 Å². The number of rotatable bonds is 4. The van der Waals surface area contributed by atoms with Crippen LogP contribution in [0.4, 0.5) is 17.6 Å². The maximum absolute atomic E-state index is 13.6. The second-order valence-corrected chi connectivity index (χ2v) is 10.5. The van der Waals surface area contributed by atoms with Crippen LogP contribution in [0.5, 0.6) is 5.88 Å². The smallest absolute Gasteiger partial charge is 0.475 e. The van der Waals surface area contributed by atoms with Crippen molar-refractivity contribution < 1.29 is 45.4 Å². The molecule has 0 radical (unpaired) electrons. The Morgan fingerprint density at radius 2 is 2.00 bits per heavy atom. The lowest BCUT2D eigenvalue weighted by Crippen LogP contribution is -2.61. The molecule has 30 heavy (non-hydrogen) atoms. The summed E-state index contributed by atoms with van der Waals surface area (Å²) in [4.78, 5) is 26.2. The number of halogens is 4. The second-order valence-electron chi connectivity index (χ2n) is 6.85. The van der Waals surface area contributed by atoms with Crippen LogP contribution in [-0.4, -0.2) is 83.2 Å². The van der Waals surface area contributed by atoms with Gasteiger partial charge in [0.05, 0.1) is 4.75 Å². The topological polar surface area (TPSA) is 114 Å². The van der Waals surface area contributed by atoms with Gasteiger partial charge in [-0.25, -0.2) is 22.6 Å². The Kier molecular flexibility index (Phi) is 7.22. The second kappa shape index (κ2) is 8.96. The number of sulfone groups is 1. The molecule has 1 atom stereocenters. The van der Waals surface area contributed by atoms with Crippen molar-refractivity contribution in [1.82, 2.24) is 9.88 Å². The zero-order valence-electron chi connectivity index (χ0n) is 15.6. The van der Waals surface area contributed by atoms with Gasteiger partial charge in [0.25, 0.3) is 5.88 Å². The minimum absolute atomic E-state index is 0.000479. The summed E-state index contributed by atoms with van der Waals surface area (Å²) in [6.45, 7) is 1.02. The van der Waals surface area contributed by atoms with Crippen molar-refractivity contribution in [3.05, 3.63) is 24.1 Å². The van der Waals surface area contributed by atoms with E-state index in [4.69, 9.17) is 14.6 Å². The van der Waals surface area contributed by atoms with Gasteiger partial charge in [0, 0.05) is 37.7 Å². The highest BCUT2D eigenvalue weighted by atomic mass is 32.2. The largest absolute Gasteiger partial charge is 0.490 e. The normalized spacial score (nSPS) is 20.2. The van der Waals surface area contributed by atoms with Crippen LogP contribution in [0.1, 0.15) is 6.42 Å². The summed E-state index contributed by atoms with van der Waals surface area (Å²) in [7, 11) is -3.31. The standard InChI is InChI=1S/C14H17FN2O4S2.C2HF3O2/c1-23(19,20)7-12(18)17-8-14(9-17)5-10(6-22-14)21-13-11(15)3-2-4-16-13;3-2(4,5)1(6)7/h2-4,10H,5-9H2,1H3;(H,6,7). The van der Waals surface area contributed by atoms with Crippen LogP contribution in [0.2, 0.25) is 0 Å². The third-order valence-corrected chi connectivity index (χ3v) is 6.46. The first-order valence-corrected chi connectivity index (χ1v) is 11.4. The number of aliphatic carboxylic acids is 1. The monoisotopic (exact) mass is 474 g/mol. The maximum atomic E-state index is 13.6. The third kappa shape index (κ3) is 6.72. The van der Waals surface area contributed by atoms with Crippen LogP contribution >= 0.6 is 11.8 Å². The predicted molar refractivity (Wildman–Crippen MR) is 98.4 cm³/mol. The summed E-state index contributed by atoms with van der Waals surface area (Å²) in [6, 6.07) is 2.80. The molecule has 2 saturated heterocycles. The van der Waals surface area contributed by atoms with Gasteiger partial charge in [-0.05, 0) is 12.1 Å². The van der Waals surface area contributed by atoms with Crippen molar-refractivity contribution >= 4 is 33.5 Å². The van der Waals surface area contributed by atoms with E-state index in [1.165, 1.54) is 18.3 Å². The molecule has 8 nitrogen and oxygen atoms in total. The number of hydrogen-bond donors (Lipinski definition) is 1. The van der Waals surface area contributed by atoms with Crippen molar-refractivity contribution in [2.24, 2.45) is 0 Å². The van der Waals surface area contributed by atoms with Crippen molar-refractivity contribution in [3.8, 4) is 5.88 Å². The summed E-state index contributed by atoms with van der Waals surface area (Å²) < 4.78 is 73.1. The molecule has 3 heterocycles. The number of carbonyl (C=O) groups is 2. The van der Waals surface area contributed by atoms with Gasteiger partial charge in [0.1, 0.15) is 11.9 Å². The zero-order chi connectivity index (χ0) is 22.7. The van der Waals surface area contributed by atoms with Gasteiger partial charge in [-0.2, -0.15) is 13.2 Å². The minimum atomic E-state index is -5.08. The number of aromatic nitrogens is 1. The van der Waals surface area contributed by atoms with E-state index in [1.54, 1.807) is 16.7 Å². The molecule has 1 amide bonds. The first-order valence-electron chi connectivity index (χ1n) is 8.37. The summed E-state index contributed by atoms with van der Waals surface area (Å²) in [5.74, 6) is -3.36. The zero-order valence-corrected chi connectivity index (χ0v) is 17.2. The molecule has 2 fully saturated rings. The van der Waals surface area contributed by atoms with Crippen LogP contribution in [0.15, 0.2) is 18.3 Å². The Hall–Kier alpha value is -2.09. The summed E-state index contributed by atoms with van der Waals surface area (Å²) in [5.41, 5.74) is 0. The van der Waals surface area contributed by atoms with Crippen molar-refractivity contribution in [2.45, 2.75) is 23.4 Å². The molecule has 0 aromatic carbocycles. The first kappa shape index (κ1) is 24.2. The van der Waals surface area contributed by atoms with E-state index in [2.05, 4.69) is 4.98 Å². The van der Waals surface area contributed by atoms with Crippen LogP contribution in [-0.2, 0) is 19.4 Å². The Balaban J connectivity index is 0.000000396. The number of carboxylic acid groups (broad SMARTS) is 1. The van der Waals surface area contributed by atoms with Gasteiger partial charge in [-0.15, -0.1) is 11.8 Å². The van der Waals surface area contributed by atoms with Gasteiger partial charge in [0.15, 0.2) is 15.7 Å². The SMILES string of the molecule is CS(=O)(=O)CC(=O)N1CC2(CC(Oc3ncccc3F)CS2)C1.O=C(O)C(F)(F)F. The number of hydrogen-bond acceptors (Lipinski definition) is 7. The number of alkyl halides is 3. The third-order valence-electron chi connectivity index (χ3n) is 4.12. The Labute approximate surface area is 173 Å². The van der Waals surface area contributed by atoms with E-state index in [0.717, 1.165) is 6.26 Å². The van der Waals surface area contributed by atoms with Crippen molar-refractivity contribution in [3.63, 3.8) is 0 Å². The fourth-order valence-corrected chi connectivity index (χ4v) is 5.01. The Bertz CT molecular complexity index is 903. The van der Waals surface area contributed by atoms with Crippen LogP contribution in [0.25, 0.3) is 0 Å². The molecule has 168 valence electrons. The van der Waals surface area contributed by atoms with Crippen LogP contribution in [0.3, 0.4) is 0 Å². The molecule has 1 aromatic heterocycles. The van der Waals surface area contributed by atoms with Crippen LogP contribution < -0.4 is 4.74 Å². The number of carbonyl (C=O) groups excluding carboxylic acids is 1. The molecule has 0 aliphatic carbocycles. The molecule has 1 spiro atoms. The summed E-state index contributed by atoms with van der Waals surface area (Å²) >= 11 is 1.69. The van der Waals surface area contributed by atoms with E-state index in [1.807, 2.05) is 0 Å². The highest BCUT2D eigenvalue weighted by Gasteiger charge is 2.51. The number of nitrogens with zero attached hydrogens (tertiary/aromatic N) is 2. The number of thioether (sulfide) groups is 1. The highest BCUT2D eigenvalue weighted by molar-refractivity contribution is 8.01. The quantitative estimate of drug-likeness (QED) is 0.651. The molecule has 1 N–H and O–H groups in total.